The van der Waals surface area contributed by atoms with Crippen LogP contribution in [0.2, 0.25) is 0 Å². The van der Waals surface area contributed by atoms with E-state index in [4.69, 9.17) is 4.74 Å². The number of hydrogen-bond donors (Lipinski definition) is 1. The van der Waals surface area contributed by atoms with Gasteiger partial charge in [-0.3, -0.25) is 0 Å². The lowest BCUT2D eigenvalue weighted by atomic mass is 9.92. The number of rotatable bonds is 6. The average Bonchev–Trinajstić information content (AvgIpc) is 2.33. The predicted octanol–water partition coefficient (Wildman–Crippen LogP) is 3.65. The zero-order valence-electron chi connectivity index (χ0n) is 11.8. The van der Waals surface area contributed by atoms with Crippen LogP contribution in [0.3, 0.4) is 0 Å². The molecule has 0 spiro atoms. The normalized spacial score (nSPS) is 11.8. The fraction of sp³-hybridized carbons (Fsp3) is 0.571. The number of halogens is 4. The molecule has 0 bridgehead atoms. The van der Waals surface area contributed by atoms with Crippen LogP contribution in [0.25, 0.3) is 0 Å². The minimum Gasteiger partial charge on any atom is -0.486 e. The van der Waals surface area contributed by atoms with Crippen LogP contribution in [0.4, 0.5) is 17.6 Å². The molecule has 0 saturated heterocycles. The van der Waals surface area contributed by atoms with Crippen molar-refractivity contribution in [1.29, 1.82) is 0 Å². The monoisotopic (exact) mass is 293 g/mol. The third-order valence-corrected chi connectivity index (χ3v) is 2.65. The summed E-state index contributed by atoms with van der Waals surface area (Å²) in [5.41, 5.74) is 0.178. The van der Waals surface area contributed by atoms with Gasteiger partial charge in [0.05, 0.1) is 0 Å². The Morgan fingerprint density at radius 3 is 2.05 bits per heavy atom. The van der Waals surface area contributed by atoms with Gasteiger partial charge in [-0.25, -0.2) is 8.78 Å². The van der Waals surface area contributed by atoms with Gasteiger partial charge in [0, 0.05) is 12.6 Å². The second-order valence-corrected chi connectivity index (χ2v) is 5.71. The lowest BCUT2D eigenvalue weighted by Crippen LogP contribution is -2.25. The molecule has 1 rings (SSSR count). The Balaban J connectivity index is 2.43. The fourth-order valence-electron chi connectivity index (χ4n) is 1.49. The quantitative estimate of drug-likeness (QED) is 0.491. The first-order valence-corrected chi connectivity index (χ1v) is 6.39. The molecule has 0 radical (unpaired) electrons. The van der Waals surface area contributed by atoms with E-state index in [9.17, 15) is 17.6 Å². The van der Waals surface area contributed by atoms with Gasteiger partial charge in [-0.05, 0) is 18.4 Å². The Hall–Kier alpha value is -1.30. The Morgan fingerprint density at radius 2 is 1.55 bits per heavy atom. The van der Waals surface area contributed by atoms with Gasteiger partial charge in [0.25, 0.3) is 0 Å². The van der Waals surface area contributed by atoms with Gasteiger partial charge in [-0.1, -0.05) is 20.8 Å². The smallest absolute Gasteiger partial charge is 0.203 e. The number of nitrogens with one attached hydrogen (secondary N) is 1. The summed E-state index contributed by atoms with van der Waals surface area (Å²) in [7, 11) is 0. The zero-order chi connectivity index (χ0) is 15.3. The summed E-state index contributed by atoms with van der Waals surface area (Å²) in [5.74, 6) is -6.99. The largest absolute Gasteiger partial charge is 0.486 e. The molecule has 0 heterocycles. The first kappa shape index (κ1) is 16.8. The first-order chi connectivity index (χ1) is 9.22. The summed E-state index contributed by atoms with van der Waals surface area (Å²) < 4.78 is 57.1. The second kappa shape index (κ2) is 6.92. The highest BCUT2D eigenvalue weighted by atomic mass is 19.2. The summed E-state index contributed by atoms with van der Waals surface area (Å²) >= 11 is 0. The van der Waals surface area contributed by atoms with Gasteiger partial charge in [0.1, 0.15) is 6.61 Å². The molecule has 2 nitrogen and oxygen atoms in total. The molecule has 1 aromatic rings. The van der Waals surface area contributed by atoms with E-state index in [1.165, 1.54) is 0 Å². The summed E-state index contributed by atoms with van der Waals surface area (Å²) in [6, 6.07) is 0.152. The zero-order valence-corrected chi connectivity index (χ0v) is 11.8. The van der Waals surface area contributed by atoms with E-state index in [1.807, 2.05) is 0 Å². The molecule has 0 amide bonds. The van der Waals surface area contributed by atoms with Crippen LogP contribution in [0.1, 0.15) is 27.2 Å². The Labute approximate surface area is 116 Å². The molecule has 114 valence electrons. The number of hydrogen-bond acceptors (Lipinski definition) is 2. The van der Waals surface area contributed by atoms with Crippen molar-refractivity contribution in [2.24, 2.45) is 5.41 Å². The molecule has 0 aliphatic carbocycles. The standard InChI is InChI=1S/C14H19F4NO/c1-14(2,3)4-5-19-6-7-20-13-11(17)9(15)8-10(16)12(13)18/h8,19H,4-7H2,1-3H3. The van der Waals surface area contributed by atoms with Crippen LogP contribution in [0.15, 0.2) is 6.07 Å². The van der Waals surface area contributed by atoms with Crippen molar-refractivity contribution in [1.82, 2.24) is 5.32 Å². The highest BCUT2D eigenvalue weighted by Crippen LogP contribution is 2.26. The van der Waals surface area contributed by atoms with Crippen molar-refractivity contribution < 1.29 is 22.3 Å². The van der Waals surface area contributed by atoms with E-state index >= 15 is 0 Å². The topological polar surface area (TPSA) is 21.3 Å². The molecular weight excluding hydrogens is 274 g/mol. The van der Waals surface area contributed by atoms with Crippen LogP contribution in [-0.4, -0.2) is 19.7 Å². The molecule has 20 heavy (non-hydrogen) atoms. The van der Waals surface area contributed by atoms with Gasteiger partial charge in [0.2, 0.25) is 11.6 Å². The summed E-state index contributed by atoms with van der Waals surface area (Å²) in [5, 5.41) is 3.02. The van der Waals surface area contributed by atoms with Crippen molar-refractivity contribution in [2.75, 3.05) is 19.7 Å². The van der Waals surface area contributed by atoms with E-state index in [0.29, 0.717) is 6.54 Å². The highest BCUT2D eigenvalue weighted by Gasteiger charge is 2.20. The van der Waals surface area contributed by atoms with Crippen LogP contribution < -0.4 is 10.1 Å². The second-order valence-electron chi connectivity index (χ2n) is 5.71. The molecule has 6 heteroatoms. The molecule has 0 aliphatic heterocycles. The van der Waals surface area contributed by atoms with Gasteiger partial charge in [-0.2, -0.15) is 8.78 Å². The maximum absolute atomic E-state index is 13.2. The van der Waals surface area contributed by atoms with Gasteiger partial charge in [-0.15, -0.1) is 0 Å². The van der Waals surface area contributed by atoms with Gasteiger partial charge < -0.3 is 10.1 Å². The lowest BCUT2D eigenvalue weighted by molar-refractivity contribution is 0.266. The van der Waals surface area contributed by atoms with Crippen molar-refractivity contribution >= 4 is 0 Å². The Bertz CT molecular complexity index is 431. The predicted molar refractivity (Wildman–Crippen MR) is 68.7 cm³/mol. The molecule has 0 aromatic heterocycles. The van der Waals surface area contributed by atoms with E-state index in [0.717, 1.165) is 13.0 Å². The Morgan fingerprint density at radius 1 is 1.00 bits per heavy atom. The summed E-state index contributed by atoms with van der Waals surface area (Å²) in [4.78, 5) is 0. The van der Waals surface area contributed by atoms with Crippen molar-refractivity contribution in [3.63, 3.8) is 0 Å². The van der Waals surface area contributed by atoms with Gasteiger partial charge >= 0.3 is 0 Å². The number of ether oxygens (including phenoxy) is 1. The molecule has 0 saturated carbocycles. The maximum atomic E-state index is 13.2. The third-order valence-electron chi connectivity index (χ3n) is 2.65. The lowest BCUT2D eigenvalue weighted by Gasteiger charge is -2.18. The van der Waals surface area contributed by atoms with Crippen LogP contribution in [-0.2, 0) is 0 Å². The fourth-order valence-corrected chi connectivity index (χ4v) is 1.49. The van der Waals surface area contributed by atoms with Crippen molar-refractivity contribution in [3.8, 4) is 5.75 Å². The van der Waals surface area contributed by atoms with E-state index in [2.05, 4.69) is 26.1 Å². The van der Waals surface area contributed by atoms with E-state index in [-0.39, 0.29) is 18.1 Å². The highest BCUT2D eigenvalue weighted by molar-refractivity contribution is 5.28. The molecule has 1 N–H and O–H groups in total. The van der Waals surface area contributed by atoms with Crippen LogP contribution >= 0.6 is 0 Å². The average molecular weight is 293 g/mol. The van der Waals surface area contributed by atoms with Crippen LogP contribution in [0, 0.1) is 28.7 Å². The molecule has 0 atom stereocenters. The molecule has 0 aliphatic rings. The summed E-state index contributed by atoms with van der Waals surface area (Å²) in [6.07, 6.45) is 0.921. The van der Waals surface area contributed by atoms with Crippen molar-refractivity contribution in [3.05, 3.63) is 29.3 Å². The molecule has 0 unspecified atom stereocenters. The SMILES string of the molecule is CC(C)(C)CCNCCOc1c(F)c(F)cc(F)c1F. The maximum Gasteiger partial charge on any atom is 0.203 e. The molecule has 0 fully saturated rings. The molecular formula is C14H19F4NO. The summed E-state index contributed by atoms with van der Waals surface area (Å²) in [6.45, 7) is 7.23. The Kier molecular flexibility index (Phi) is 5.80. The van der Waals surface area contributed by atoms with Crippen molar-refractivity contribution in [2.45, 2.75) is 27.2 Å². The van der Waals surface area contributed by atoms with E-state index < -0.39 is 29.0 Å². The minimum atomic E-state index is -1.52. The van der Waals surface area contributed by atoms with E-state index in [1.54, 1.807) is 0 Å². The minimum absolute atomic E-state index is 0.0825. The van der Waals surface area contributed by atoms with Gasteiger partial charge in [0.15, 0.2) is 17.4 Å². The van der Waals surface area contributed by atoms with Crippen LogP contribution in [0.5, 0.6) is 5.75 Å². The molecule has 1 aromatic carbocycles. The third kappa shape index (κ3) is 5.00. The number of benzene rings is 1. The first-order valence-electron chi connectivity index (χ1n) is 6.39.